The SMILES string of the molecule is C=CCNC(=O)CN1CCN(C(=O)c2cc(Br)c(Br)n2C)CC1. The molecule has 1 aromatic rings. The van der Waals surface area contributed by atoms with Gasteiger partial charge in [0.1, 0.15) is 5.69 Å². The molecule has 2 heterocycles. The van der Waals surface area contributed by atoms with Gasteiger partial charge in [0.15, 0.2) is 0 Å². The van der Waals surface area contributed by atoms with Gasteiger partial charge in [0.2, 0.25) is 5.91 Å². The predicted molar refractivity (Wildman–Crippen MR) is 96.4 cm³/mol. The summed E-state index contributed by atoms with van der Waals surface area (Å²) in [7, 11) is 1.85. The Balaban J connectivity index is 1.88. The number of rotatable bonds is 5. The van der Waals surface area contributed by atoms with Gasteiger partial charge in [-0.2, -0.15) is 0 Å². The lowest BCUT2D eigenvalue weighted by Crippen LogP contribution is -2.51. The molecule has 1 N–H and O–H groups in total. The second-order valence-electron chi connectivity index (χ2n) is 5.39. The zero-order valence-electron chi connectivity index (χ0n) is 13.0. The fourth-order valence-corrected chi connectivity index (χ4v) is 3.25. The van der Waals surface area contributed by atoms with Gasteiger partial charge in [-0.3, -0.25) is 14.5 Å². The number of carbonyl (C=O) groups excluding carboxylic acids is 2. The summed E-state index contributed by atoms with van der Waals surface area (Å²) in [6.07, 6.45) is 1.66. The number of aromatic nitrogens is 1. The quantitative estimate of drug-likeness (QED) is 0.697. The Morgan fingerprint density at radius 3 is 2.48 bits per heavy atom. The summed E-state index contributed by atoms with van der Waals surface area (Å²) in [4.78, 5) is 28.2. The molecule has 126 valence electrons. The molecule has 0 atom stereocenters. The molecule has 0 aliphatic carbocycles. The molecule has 1 aliphatic heterocycles. The largest absolute Gasteiger partial charge is 0.352 e. The van der Waals surface area contributed by atoms with E-state index in [1.54, 1.807) is 6.08 Å². The number of nitrogens with one attached hydrogen (secondary N) is 1. The van der Waals surface area contributed by atoms with Crippen LogP contribution in [-0.2, 0) is 11.8 Å². The third-order valence-electron chi connectivity index (χ3n) is 3.81. The number of halogens is 2. The van der Waals surface area contributed by atoms with Crippen LogP contribution in [0.5, 0.6) is 0 Å². The Labute approximate surface area is 152 Å². The Morgan fingerprint density at radius 2 is 1.96 bits per heavy atom. The molecule has 2 rings (SSSR count). The second-order valence-corrected chi connectivity index (χ2v) is 6.99. The highest BCUT2D eigenvalue weighted by Crippen LogP contribution is 2.27. The van der Waals surface area contributed by atoms with E-state index in [2.05, 4.69) is 48.7 Å². The van der Waals surface area contributed by atoms with Gasteiger partial charge >= 0.3 is 0 Å². The molecule has 6 nitrogen and oxygen atoms in total. The molecule has 0 radical (unpaired) electrons. The summed E-state index contributed by atoms with van der Waals surface area (Å²) < 4.78 is 3.53. The van der Waals surface area contributed by atoms with E-state index in [-0.39, 0.29) is 11.8 Å². The van der Waals surface area contributed by atoms with Crippen molar-refractivity contribution in [1.82, 2.24) is 19.7 Å². The van der Waals surface area contributed by atoms with Gasteiger partial charge in [-0.25, -0.2) is 0 Å². The van der Waals surface area contributed by atoms with Crippen LogP contribution >= 0.6 is 31.9 Å². The van der Waals surface area contributed by atoms with E-state index in [4.69, 9.17) is 0 Å². The van der Waals surface area contributed by atoms with Gasteiger partial charge in [-0.1, -0.05) is 6.08 Å². The van der Waals surface area contributed by atoms with E-state index < -0.39 is 0 Å². The van der Waals surface area contributed by atoms with Gasteiger partial charge in [-0.05, 0) is 37.9 Å². The van der Waals surface area contributed by atoms with Crippen LogP contribution in [0.2, 0.25) is 0 Å². The van der Waals surface area contributed by atoms with E-state index in [1.807, 2.05) is 22.6 Å². The molecule has 8 heteroatoms. The molecule has 23 heavy (non-hydrogen) atoms. The smallest absolute Gasteiger partial charge is 0.270 e. The number of hydrogen-bond acceptors (Lipinski definition) is 3. The minimum atomic E-state index is -0.0139. The summed E-state index contributed by atoms with van der Waals surface area (Å²) >= 11 is 6.85. The van der Waals surface area contributed by atoms with Crippen LogP contribution in [0.3, 0.4) is 0 Å². The van der Waals surface area contributed by atoms with Crippen molar-refractivity contribution in [2.45, 2.75) is 0 Å². The first-order chi connectivity index (χ1) is 10.9. The number of nitrogens with zero attached hydrogens (tertiary/aromatic N) is 3. The third-order valence-corrected chi connectivity index (χ3v) is 5.90. The summed E-state index contributed by atoms with van der Waals surface area (Å²) in [5.74, 6) is -0.00497. The molecule has 0 spiro atoms. The lowest BCUT2D eigenvalue weighted by molar-refractivity contribution is -0.122. The lowest BCUT2D eigenvalue weighted by atomic mass is 10.2. The van der Waals surface area contributed by atoms with E-state index in [1.165, 1.54) is 0 Å². The van der Waals surface area contributed by atoms with E-state index in [9.17, 15) is 9.59 Å². The van der Waals surface area contributed by atoms with Crippen molar-refractivity contribution in [2.24, 2.45) is 7.05 Å². The van der Waals surface area contributed by atoms with Gasteiger partial charge in [-0.15, -0.1) is 6.58 Å². The maximum atomic E-state index is 12.6. The molecule has 0 saturated carbocycles. The van der Waals surface area contributed by atoms with Gasteiger partial charge in [0.25, 0.3) is 5.91 Å². The summed E-state index contributed by atoms with van der Waals surface area (Å²) in [5, 5.41) is 2.76. The first-order valence-electron chi connectivity index (χ1n) is 7.34. The monoisotopic (exact) mass is 446 g/mol. The van der Waals surface area contributed by atoms with Crippen LogP contribution in [-0.4, -0.2) is 65.4 Å². The maximum absolute atomic E-state index is 12.6. The van der Waals surface area contributed by atoms with Crippen LogP contribution < -0.4 is 5.32 Å². The van der Waals surface area contributed by atoms with E-state index >= 15 is 0 Å². The van der Waals surface area contributed by atoms with E-state index in [0.717, 1.165) is 9.08 Å². The van der Waals surface area contributed by atoms with Crippen LogP contribution in [0.15, 0.2) is 27.8 Å². The standard InChI is InChI=1S/C15H20Br2N4O2/c1-3-4-18-13(22)10-20-5-7-21(8-6-20)15(23)12-9-11(16)14(17)19(12)2/h3,9H,1,4-8,10H2,2H3,(H,18,22). The van der Waals surface area contributed by atoms with E-state index in [0.29, 0.717) is 45.0 Å². The fourth-order valence-electron chi connectivity index (χ4n) is 2.46. The van der Waals surface area contributed by atoms with Crippen molar-refractivity contribution in [1.29, 1.82) is 0 Å². The Kier molecular flexibility index (Phi) is 6.43. The Bertz CT molecular complexity index is 607. The molecular formula is C15H20Br2N4O2. The second kappa shape index (κ2) is 8.12. The average Bonchev–Trinajstić information content (AvgIpc) is 2.80. The molecule has 2 amide bonds. The maximum Gasteiger partial charge on any atom is 0.270 e. The van der Waals surface area contributed by atoms with Crippen molar-refractivity contribution >= 4 is 43.7 Å². The molecule has 0 aromatic carbocycles. The van der Waals surface area contributed by atoms with Crippen molar-refractivity contribution in [2.75, 3.05) is 39.3 Å². The molecule has 1 aliphatic rings. The van der Waals surface area contributed by atoms with Crippen molar-refractivity contribution in [3.8, 4) is 0 Å². The van der Waals surface area contributed by atoms with Gasteiger partial charge in [0.05, 0.1) is 15.6 Å². The summed E-state index contributed by atoms with van der Waals surface area (Å²) in [6.45, 7) is 7.04. The van der Waals surface area contributed by atoms with Crippen molar-refractivity contribution in [3.05, 3.63) is 33.5 Å². The highest BCUT2D eigenvalue weighted by Gasteiger charge is 2.25. The lowest BCUT2D eigenvalue weighted by Gasteiger charge is -2.34. The molecular weight excluding hydrogens is 428 g/mol. The number of amides is 2. The third kappa shape index (κ3) is 4.45. The molecule has 1 aromatic heterocycles. The highest BCUT2D eigenvalue weighted by molar-refractivity contribution is 9.13. The summed E-state index contributed by atoms with van der Waals surface area (Å²) in [6, 6.07) is 1.82. The number of carbonyl (C=O) groups is 2. The Hall–Kier alpha value is -1.12. The topological polar surface area (TPSA) is 57.6 Å². The molecule has 1 fully saturated rings. The first-order valence-corrected chi connectivity index (χ1v) is 8.92. The normalized spacial score (nSPS) is 15.5. The zero-order chi connectivity index (χ0) is 17.0. The number of piperazine rings is 1. The van der Waals surface area contributed by atoms with Crippen LogP contribution in [0, 0.1) is 0 Å². The molecule has 1 saturated heterocycles. The molecule has 0 bridgehead atoms. The average molecular weight is 448 g/mol. The fraction of sp³-hybridized carbons (Fsp3) is 0.467. The Morgan fingerprint density at radius 1 is 1.30 bits per heavy atom. The minimum Gasteiger partial charge on any atom is -0.352 e. The van der Waals surface area contributed by atoms with Gasteiger partial charge < -0.3 is 14.8 Å². The first kappa shape index (κ1) is 18.2. The number of hydrogen-bond donors (Lipinski definition) is 1. The minimum absolute atomic E-state index is 0.00894. The van der Waals surface area contributed by atoms with Gasteiger partial charge in [0, 0.05) is 39.8 Å². The predicted octanol–water partition coefficient (Wildman–Crippen LogP) is 1.61. The zero-order valence-corrected chi connectivity index (χ0v) is 16.2. The van der Waals surface area contributed by atoms with Crippen LogP contribution in [0.25, 0.3) is 0 Å². The van der Waals surface area contributed by atoms with Crippen LogP contribution in [0.4, 0.5) is 0 Å². The van der Waals surface area contributed by atoms with Crippen molar-refractivity contribution < 1.29 is 9.59 Å². The van der Waals surface area contributed by atoms with Crippen LogP contribution in [0.1, 0.15) is 10.5 Å². The highest BCUT2D eigenvalue weighted by atomic mass is 79.9. The molecule has 0 unspecified atom stereocenters. The van der Waals surface area contributed by atoms with Crippen molar-refractivity contribution in [3.63, 3.8) is 0 Å². The summed E-state index contributed by atoms with van der Waals surface area (Å²) in [5.41, 5.74) is 0.640.